The number of hydrogen-bond acceptors (Lipinski definition) is 5. The first-order valence-corrected chi connectivity index (χ1v) is 8.39. The van der Waals surface area contributed by atoms with Gasteiger partial charge >= 0.3 is 0 Å². The van der Waals surface area contributed by atoms with Crippen molar-refractivity contribution in [3.63, 3.8) is 0 Å². The van der Waals surface area contributed by atoms with E-state index in [0.29, 0.717) is 24.0 Å². The highest BCUT2D eigenvalue weighted by Gasteiger charge is 2.09. The summed E-state index contributed by atoms with van der Waals surface area (Å²) in [4.78, 5) is 4.25. The molecule has 0 amide bonds. The molecule has 0 radical (unpaired) electrons. The van der Waals surface area contributed by atoms with Crippen molar-refractivity contribution in [2.45, 2.75) is 6.54 Å². The number of rotatable bonds is 6. The highest BCUT2D eigenvalue weighted by molar-refractivity contribution is 14.0. The summed E-state index contributed by atoms with van der Waals surface area (Å²) < 4.78 is 12.5. The largest absolute Gasteiger partial charge is 0.493 e. The minimum atomic E-state index is 0. The molecule has 0 saturated heterocycles. The van der Waals surface area contributed by atoms with E-state index in [4.69, 9.17) is 9.47 Å². The topological polar surface area (TPSA) is 85.6 Å². The van der Waals surface area contributed by atoms with Crippen molar-refractivity contribution in [3.8, 4) is 17.2 Å². The maximum atomic E-state index is 5.33. The lowest BCUT2D eigenvalue weighted by atomic mass is 10.3. The van der Waals surface area contributed by atoms with Crippen molar-refractivity contribution in [1.29, 1.82) is 0 Å². The number of guanidine groups is 1. The number of nitrogens with one attached hydrogen (secondary N) is 2. The lowest BCUT2D eigenvalue weighted by molar-refractivity contribution is 0.355. The molecule has 0 atom stereocenters. The third kappa shape index (κ3) is 5.12. The van der Waals surface area contributed by atoms with E-state index in [0.717, 1.165) is 17.2 Å². The van der Waals surface area contributed by atoms with E-state index in [1.165, 1.54) is 0 Å². The molecule has 8 nitrogen and oxygen atoms in total. The summed E-state index contributed by atoms with van der Waals surface area (Å²) in [6.07, 6.45) is 1.69. The van der Waals surface area contributed by atoms with E-state index in [2.05, 4.69) is 25.8 Å². The zero-order chi connectivity index (χ0) is 19.1. The minimum absolute atomic E-state index is 0. The molecule has 0 aliphatic rings. The molecule has 0 saturated carbocycles. The van der Waals surface area contributed by atoms with Crippen LogP contribution in [0, 0.1) is 0 Å². The second kappa shape index (κ2) is 10.5. The molecule has 9 heteroatoms. The Bertz CT molecular complexity index is 914. The van der Waals surface area contributed by atoms with Crippen LogP contribution in [-0.4, -0.2) is 42.0 Å². The predicted octanol–water partition coefficient (Wildman–Crippen LogP) is 3.09. The molecule has 0 aliphatic heterocycles. The number of methoxy groups -OCH3 is 2. The van der Waals surface area contributed by atoms with Crippen LogP contribution in [0.2, 0.25) is 0 Å². The number of halogens is 1. The van der Waals surface area contributed by atoms with E-state index in [-0.39, 0.29) is 24.0 Å². The maximum absolute atomic E-state index is 5.33. The highest BCUT2D eigenvalue weighted by atomic mass is 127. The standard InChI is InChI=1S/C19H22N6O2.HI/c1-20-19(23-14-9-10-16(26-2)17(11-14)27-3)21-12-18-24-22-13-25(18)15-7-5-4-6-8-15;/h4-11,13H,12H2,1-3H3,(H2,20,21,23);1H. The van der Waals surface area contributed by atoms with Crippen LogP contribution in [0.25, 0.3) is 5.69 Å². The molecule has 2 N–H and O–H groups in total. The fourth-order valence-corrected chi connectivity index (χ4v) is 2.58. The summed E-state index contributed by atoms with van der Waals surface area (Å²) in [5, 5.41) is 14.7. The van der Waals surface area contributed by atoms with E-state index < -0.39 is 0 Å². The number of aliphatic imine (C=N–C) groups is 1. The SMILES string of the molecule is CN=C(NCc1nncn1-c1ccccc1)Nc1ccc(OC)c(OC)c1.I. The summed E-state index contributed by atoms with van der Waals surface area (Å²) in [6.45, 7) is 0.460. The monoisotopic (exact) mass is 494 g/mol. The van der Waals surface area contributed by atoms with Gasteiger partial charge in [-0.15, -0.1) is 34.2 Å². The van der Waals surface area contributed by atoms with Crippen LogP contribution in [0.15, 0.2) is 59.9 Å². The van der Waals surface area contributed by atoms with E-state index >= 15 is 0 Å². The third-order valence-corrected chi connectivity index (χ3v) is 3.94. The van der Waals surface area contributed by atoms with E-state index in [9.17, 15) is 0 Å². The van der Waals surface area contributed by atoms with Crippen LogP contribution in [0.3, 0.4) is 0 Å². The van der Waals surface area contributed by atoms with Crippen molar-refractivity contribution in [1.82, 2.24) is 20.1 Å². The average molecular weight is 494 g/mol. The fraction of sp³-hybridized carbons (Fsp3) is 0.211. The van der Waals surface area contributed by atoms with Crippen LogP contribution in [-0.2, 0) is 6.54 Å². The molecule has 0 fully saturated rings. The molecular formula is C19H23IN6O2. The zero-order valence-corrected chi connectivity index (χ0v) is 18.2. The van der Waals surface area contributed by atoms with Gasteiger partial charge in [0.2, 0.25) is 0 Å². The highest BCUT2D eigenvalue weighted by Crippen LogP contribution is 2.29. The van der Waals surface area contributed by atoms with Gasteiger partial charge < -0.3 is 20.1 Å². The quantitative estimate of drug-likeness (QED) is 0.311. The molecule has 1 heterocycles. The summed E-state index contributed by atoms with van der Waals surface area (Å²) in [7, 11) is 4.91. The van der Waals surface area contributed by atoms with E-state index in [1.807, 2.05) is 53.1 Å². The molecule has 28 heavy (non-hydrogen) atoms. The molecule has 0 spiro atoms. The first kappa shape index (κ1) is 21.5. The number of hydrogen-bond donors (Lipinski definition) is 2. The van der Waals surface area contributed by atoms with Gasteiger partial charge in [-0.05, 0) is 24.3 Å². The number of anilines is 1. The van der Waals surface area contributed by atoms with Crippen molar-refractivity contribution in [3.05, 3.63) is 60.7 Å². The molecule has 148 valence electrons. The molecule has 2 aromatic carbocycles. The van der Waals surface area contributed by atoms with Crippen molar-refractivity contribution < 1.29 is 9.47 Å². The third-order valence-electron chi connectivity index (χ3n) is 3.94. The molecule has 1 aromatic heterocycles. The van der Waals surface area contributed by atoms with E-state index in [1.54, 1.807) is 27.6 Å². The Balaban J connectivity index is 0.00000280. The van der Waals surface area contributed by atoms with Gasteiger partial charge in [-0.2, -0.15) is 0 Å². The van der Waals surface area contributed by atoms with Gasteiger partial charge in [0.25, 0.3) is 0 Å². The number of aromatic nitrogens is 3. The summed E-state index contributed by atoms with van der Waals surface area (Å²) in [5.41, 5.74) is 1.83. The van der Waals surface area contributed by atoms with Crippen LogP contribution in [0.4, 0.5) is 5.69 Å². The van der Waals surface area contributed by atoms with Gasteiger partial charge in [-0.1, -0.05) is 18.2 Å². The lowest BCUT2D eigenvalue weighted by Crippen LogP contribution is -2.31. The van der Waals surface area contributed by atoms with Crippen molar-refractivity contribution in [2.24, 2.45) is 4.99 Å². The minimum Gasteiger partial charge on any atom is -0.493 e. The number of ether oxygens (including phenoxy) is 2. The maximum Gasteiger partial charge on any atom is 0.195 e. The van der Waals surface area contributed by atoms with Gasteiger partial charge in [0.15, 0.2) is 23.3 Å². The molecule has 3 rings (SSSR count). The molecule has 0 unspecified atom stereocenters. The summed E-state index contributed by atoms with van der Waals surface area (Å²) in [6, 6.07) is 15.5. The summed E-state index contributed by atoms with van der Waals surface area (Å²) >= 11 is 0. The van der Waals surface area contributed by atoms with Crippen LogP contribution in [0.5, 0.6) is 11.5 Å². The Labute approximate surface area is 181 Å². The number of nitrogens with zero attached hydrogens (tertiary/aromatic N) is 4. The van der Waals surface area contributed by atoms with Crippen LogP contribution >= 0.6 is 24.0 Å². The second-order valence-corrected chi connectivity index (χ2v) is 5.57. The van der Waals surface area contributed by atoms with Gasteiger partial charge in [-0.25, -0.2) is 0 Å². The van der Waals surface area contributed by atoms with Crippen LogP contribution < -0.4 is 20.1 Å². The second-order valence-electron chi connectivity index (χ2n) is 5.57. The molecule has 0 bridgehead atoms. The Morgan fingerprint density at radius 2 is 1.82 bits per heavy atom. The van der Waals surface area contributed by atoms with Crippen molar-refractivity contribution >= 4 is 35.6 Å². The smallest absolute Gasteiger partial charge is 0.195 e. The zero-order valence-electron chi connectivity index (χ0n) is 15.9. The Hall–Kier alpha value is -2.82. The first-order chi connectivity index (χ1) is 13.2. The average Bonchev–Trinajstić information content (AvgIpc) is 3.20. The number of benzene rings is 2. The molecule has 0 aliphatic carbocycles. The number of para-hydroxylation sites is 1. The Kier molecular flexibility index (Phi) is 8.05. The van der Waals surface area contributed by atoms with Crippen molar-refractivity contribution in [2.75, 3.05) is 26.6 Å². The van der Waals surface area contributed by atoms with Gasteiger partial charge in [0.05, 0.1) is 20.8 Å². The van der Waals surface area contributed by atoms with Gasteiger partial charge in [0, 0.05) is 24.5 Å². The normalized spacial score (nSPS) is 10.8. The molecule has 3 aromatic rings. The van der Waals surface area contributed by atoms with Gasteiger partial charge in [-0.3, -0.25) is 9.56 Å². The first-order valence-electron chi connectivity index (χ1n) is 8.39. The molecular weight excluding hydrogens is 471 g/mol. The predicted molar refractivity (Wildman–Crippen MR) is 120 cm³/mol. The van der Waals surface area contributed by atoms with Gasteiger partial charge in [0.1, 0.15) is 6.33 Å². The Morgan fingerprint density at radius 3 is 2.50 bits per heavy atom. The van der Waals surface area contributed by atoms with Crippen LogP contribution in [0.1, 0.15) is 5.82 Å². The Morgan fingerprint density at radius 1 is 1.07 bits per heavy atom. The lowest BCUT2D eigenvalue weighted by Gasteiger charge is -2.14. The summed E-state index contributed by atoms with van der Waals surface area (Å²) in [5.74, 6) is 2.69. The fourth-order valence-electron chi connectivity index (χ4n) is 2.58.